The quantitative estimate of drug-likeness (QED) is 0.387. The number of hydrogen-bond donors (Lipinski definition) is 2. The largest absolute Gasteiger partial charge is 0.461 e. The highest BCUT2D eigenvalue weighted by Gasteiger charge is 2.41. The molecule has 1 aromatic carbocycles. The Morgan fingerprint density at radius 2 is 1.89 bits per heavy atom. The number of amides is 1. The van der Waals surface area contributed by atoms with Gasteiger partial charge < -0.3 is 15.5 Å². The number of nitrogens with one attached hydrogen (secondary N) is 1. The maximum Gasteiger partial charge on any atom is 0.252 e. The fourth-order valence-electron chi connectivity index (χ4n) is 4.77. The molecule has 6 rings (SSSR count). The molecule has 5 aromatic rings. The van der Waals surface area contributed by atoms with Crippen LogP contribution in [-0.4, -0.2) is 47.1 Å². The van der Waals surface area contributed by atoms with Crippen LogP contribution < -0.4 is 11.1 Å². The number of ketones is 1. The molecule has 1 fully saturated rings. The fourth-order valence-corrected chi connectivity index (χ4v) is 4.77. The molecule has 1 aliphatic carbocycles. The van der Waals surface area contributed by atoms with Crippen molar-refractivity contribution in [2.24, 2.45) is 0 Å². The van der Waals surface area contributed by atoms with Gasteiger partial charge in [-0.05, 0) is 37.5 Å². The van der Waals surface area contributed by atoms with E-state index in [1.807, 2.05) is 30.3 Å². The summed E-state index contributed by atoms with van der Waals surface area (Å²) in [5.74, 6) is 0.958. The van der Waals surface area contributed by atoms with Gasteiger partial charge in [-0.15, -0.1) is 5.10 Å². The normalized spacial score (nSPS) is 16.4. The zero-order valence-electron chi connectivity index (χ0n) is 19.6. The summed E-state index contributed by atoms with van der Waals surface area (Å²) >= 11 is 0. The van der Waals surface area contributed by atoms with Gasteiger partial charge >= 0.3 is 0 Å². The van der Waals surface area contributed by atoms with Crippen molar-refractivity contribution >= 4 is 34.3 Å². The van der Waals surface area contributed by atoms with Crippen molar-refractivity contribution in [3.05, 3.63) is 60.5 Å². The molecule has 3 N–H and O–H groups in total. The summed E-state index contributed by atoms with van der Waals surface area (Å²) in [7, 11) is 0. The number of hydrogen-bond acceptors (Lipinski definition) is 8. The van der Waals surface area contributed by atoms with Gasteiger partial charge in [0.05, 0.1) is 17.8 Å². The van der Waals surface area contributed by atoms with E-state index in [1.165, 1.54) is 4.52 Å². The van der Waals surface area contributed by atoms with Gasteiger partial charge in [0.2, 0.25) is 11.8 Å². The molecule has 0 aliphatic heterocycles. The summed E-state index contributed by atoms with van der Waals surface area (Å²) in [5, 5.41) is 12.8. The van der Waals surface area contributed by atoms with Crippen LogP contribution in [0.5, 0.6) is 0 Å². The second-order valence-electron chi connectivity index (χ2n) is 9.14. The number of nitrogens with two attached hydrogens (primary N) is 1. The van der Waals surface area contributed by atoms with Crippen molar-refractivity contribution in [1.29, 1.82) is 0 Å². The Balaban J connectivity index is 1.49. The van der Waals surface area contributed by atoms with Crippen molar-refractivity contribution in [2.45, 2.75) is 44.2 Å². The number of carbonyl (C=O) groups excluding carboxylic acids is 2. The molecule has 0 spiro atoms. The molecule has 1 aliphatic rings. The summed E-state index contributed by atoms with van der Waals surface area (Å²) in [5.41, 5.74) is 6.63. The first-order chi connectivity index (χ1) is 17.4. The van der Waals surface area contributed by atoms with Crippen LogP contribution in [0.4, 0.5) is 5.95 Å². The first-order valence-electron chi connectivity index (χ1n) is 11.8. The predicted molar refractivity (Wildman–Crippen MR) is 131 cm³/mol. The van der Waals surface area contributed by atoms with E-state index in [0.29, 0.717) is 53.9 Å². The van der Waals surface area contributed by atoms with Crippen molar-refractivity contribution in [1.82, 2.24) is 34.7 Å². The number of Topliss-reactive ketones (excluding diaryl/α,β-unsaturated/α-hetero) is 1. The number of furan rings is 1. The van der Waals surface area contributed by atoms with E-state index in [2.05, 4.69) is 25.5 Å². The molecular weight excluding hydrogens is 460 g/mol. The van der Waals surface area contributed by atoms with Gasteiger partial charge in [-0.25, -0.2) is 9.67 Å². The summed E-state index contributed by atoms with van der Waals surface area (Å²) in [4.78, 5) is 34.8. The molecule has 4 aromatic heterocycles. The average molecular weight is 485 g/mol. The van der Waals surface area contributed by atoms with Crippen molar-refractivity contribution in [3.63, 3.8) is 0 Å². The summed E-state index contributed by atoms with van der Waals surface area (Å²) in [6.07, 6.45) is 5.35. The van der Waals surface area contributed by atoms with Crippen LogP contribution in [0, 0.1) is 0 Å². The Labute approximate surface area is 205 Å². The van der Waals surface area contributed by atoms with Gasteiger partial charge in [-0.3, -0.25) is 9.59 Å². The SMILES string of the molecule is CC(C(=O)NC1CCC(=O)CC1)(c1ccccc1)n1ncc2c1nc(N)n1nc(-c3ccco3)nc21. The first-order valence-corrected chi connectivity index (χ1v) is 11.8. The zero-order chi connectivity index (χ0) is 24.9. The third-order valence-corrected chi connectivity index (χ3v) is 6.85. The number of rotatable bonds is 5. The molecule has 182 valence electrons. The van der Waals surface area contributed by atoms with E-state index in [1.54, 1.807) is 36.2 Å². The predicted octanol–water partition coefficient (Wildman–Crippen LogP) is 2.71. The van der Waals surface area contributed by atoms with Crippen LogP contribution in [0.3, 0.4) is 0 Å². The van der Waals surface area contributed by atoms with Gasteiger partial charge in [0.25, 0.3) is 5.91 Å². The Kier molecular flexibility index (Phi) is 5.06. The van der Waals surface area contributed by atoms with Crippen LogP contribution in [0.25, 0.3) is 28.3 Å². The molecule has 1 saturated carbocycles. The number of aromatic nitrogens is 6. The summed E-state index contributed by atoms with van der Waals surface area (Å²) in [6, 6.07) is 12.8. The minimum atomic E-state index is -1.24. The van der Waals surface area contributed by atoms with E-state index in [9.17, 15) is 9.59 Å². The van der Waals surface area contributed by atoms with Crippen LogP contribution >= 0.6 is 0 Å². The average Bonchev–Trinajstić information content (AvgIpc) is 3.65. The molecule has 0 saturated heterocycles. The lowest BCUT2D eigenvalue weighted by Crippen LogP contribution is -2.51. The summed E-state index contributed by atoms with van der Waals surface area (Å²) < 4.78 is 8.45. The topological polar surface area (TPSA) is 146 Å². The maximum absolute atomic E-state index is 13.9. The zero-order valence-corrected chi connectivity index (χ0v) is 19.6. The lowest BCUT2D eigenvalue weighted by molar-refractivity contribution is -0.129. The monoisotopic (exact) mass is 484 g/mol. The number of benzene rings is 1. The highest BCUT2D eigenvalue weighted by atomic mass is 16.3. The molecule has 1 amide bonds. The third kappa shape index (κ3) is 3.43. The van der Waals surface area contributed by atoms with Crippen LogP contribution in [0.1, 0.15) is 38.2 Å². The van der Waals surface area contributed by atoms with E-state index in [4.69, 9.17) is 10.2 Å². The van der Waals surface area contributed by atoms with Gasteiger partial charge in [0.1, 0.15) is 5.78 Å². The Bertz CT molecular complexity index is 1580. The van der Waals surface area contributed by atoms with Gasteiger partial charge in [0, 0.05) is 18.9 Å². The van der Waals surface area contributed by atoms with Crippen LogP contribution in [-0.2, 0) is 15.1 Å². The number of fused-ring (bicyclic) bond motifs is 3. The van der Waals surface area contributed by atoms with E-state index >= 15 is 0 Å². The van der Waals surface area contributed by atoms with Gasteiger partial charge in [0.15, 0.2) is 22.6 Å². The molecular formula is C25H24N8O3. The lowest BCUT2D eigenvalue weighted by Gasteiger charge is -2.32. The Morgan fingerprint density at radius 3 is 2.61 bits per heavy atom. The van der Waals surface area contributed by atoms with Crippen molar-refractivity contribution in [2.75, 3.05) is 5.73 Å². The summed E-state index contributed by atoms with van der Waals surface area (Å²) in [6.45, 7) is 1.80. The highest BCUT2D eigenvalue weighted by Crippen LogP contribution is 2.32. The number of nitrogens with zero attached hydrogens (tertiary/aromatic N) is 6. The van der Waals surface area contributed by atoms with Gasteiger partial charge in [-0.1, -0.05) is 30.3 Å². The molecule has 11 nitrogen and oxygen atoms in total. The minimum Gasteiger partial charge on any atom is -0.461 e. The molecule has 36 heavy (non-hydrogen) atoms. The molecule has 0 radical (unpaired) electrons. The standard InChI is InChI=1S/C25H24N8O3/c1-25(15-6-3-2-4-7-15,23(35)28-16-9-11-17(34)12-10-16)33-22-18(14-27-33)21-29-20(19-8-5-13-36-19)31-32(21)24(26)30-22/h2-8,13-14,16H,9-12H2,1H3,(H2,26,30)(H,28,35). The fraction of sp³-hybridized carbons (Fsp3) is 0.280. The number of nitrogen functional groups attached to an aromatic ring is 1. The number of carbonyl (C=O) groups is 2. The molecule has 0 bridgehead atoms. The van der Waals surface area contributed by atoms with E-state index in [0.717, 1.165) is 5.56 Å². The van der Waals surface area contributed by atoms with Crippen molar-refractivity contribution in [3.8, 4) is 11.6 Å². The van der Waals surface area contributed by atoms with Crippen molar-refractivity contribution < 1.29 is 14.0 Å². The lowest BCUT2D eigenvalue weighted by atomic mass is 9.89. The minimum absolute atomic E-state index is 0.0860. The second-order valence-corrected chi connectivity index (χ2v) is 9.14. The molecule has 4 heterocycles. The Morgan fingerprint density at radius 1 is 1.11 bits per heavy atom. The maximum atomic E-state index is 13.9. The molecule has 11 heteroatoms. The van der Waals surface area contributed by atoms with Crippen LogP contribution in [0.15, 0.2) is 59.3 Å². The first kappa shape index (κ1) is 22.0. The molecule has 1 unspecified atom stereocenters. The second kappa shape index (κ2) is 8.29. The molecule has 1 atom stereocenters. The smallest absolute Gasteiger partial charge is 0.252 e. The Hall–Kier alpha value is -4.54. The van der Waals surface area contributed by atoms with E-state index in [-0.39, 0.29) is 23.7 Å². The van der Waals surface area contributed by atoms with Gasteiger partial charge in [-0.2, -0.15) is 14.6 Å². The van der Waals surface area contributed by atoms with E-state index < -0.39 is 5.54 Å². The van der Waals surface area contributed by atoms with Crippen LogP contribution in [0.2, 0.25) is 0 Å². The number of anilines is 1. The highest BCUT2D eigenvalue weighted by molar-refractivity contribution is 5.94. The third-order valence-electron chi connectivity index (χ3n) is 6.85.